The lowest BCUT2D eigenvalue weighted by Crippen LogP contribution is -2.50. The third kappa shape index (κ3) is 4.70. The predicted octanol–water partition coefficient (Wildman–Crippen LogP) is 1.92. The Morgan fingerprint density at radius 3 is 2.27 bits per heavy atom. The van der Waals surface area contributed by atoms with Crippen LogP contribution in [0.5, 0.6) is 0 Å². The fraction of sp³-hybridized carbons (Fsp3) is 0.333. The summed E-state index contributed by atoms with van der Waals surface area (Å²) in [6.45, 7) is 2.62. The lowest BCUT2D eigenvalue weighted by Gasteiger charge is -2.35. The highest BCUT2D eigenvalue weighted by atomic mass is 35.5. The van der Waals surface area contributed by atoms with E-state index in [2.05, 4.69) is 15.3 Å². The maximum absolute atomic E-state index is 12.5. The molecule has 1 aromatic carbocycles. The zero-order valence-corrected chi connectivity index (χ0v) is 15.0. The van der Waals surface area contributed by atoms with Gasteiger partial charge in [-0.05, 0) is 30.3 Å². The highest BCUT2D eigenvalue weighted by Crippen LogP contribution is 2.13. The molecule has 1 fully saturated rings. The van der Waals surface area contributed by atoms with Gasteiger partial charge in [0.2, 0.25) is 11.9 Å². The van der Waals surface area contributed by atoms with Crippen LogP contribution in [0.2, 0.25) is 5.02 Å². The van der Waals surface area contributed by atoms with E-state index in [1.165, 1.54) is 0 Å². The second-order valence-electron chi connectivity index (χ2n) is 5.93. The molecule has 2 heterocycles. The Bertz CT molecular complexity index is 746. The van der Waals surface area contributed by atoms with Crippen LogP contribution in [0.4, 0.5) is 5.95 Å². The van der Waals surface area contributed by atoms with Gasteiger partial charge < -0.3 is 15.1 Å². The van der Waals surface area contributed by atoms with E-state index in [1.54, 1.807) is 52.5 Å². The fourth-order valence-corrected chi connectivity index (χ4v) is 2.89. The monoisotopic (exact) mass is 373 g/mol. The van der Waals surface area contributed by atoms with E-state index in [4.69, 9.17) is 11.6 Å². The van der Waals surface area contributed by atoms with Crippen LogP contribution in [0.15, 0.2) is 42.7 Å². The number of carbonyl (C=O) groups excluding carboxylic acids is 2. The van der Waals surface area contributed by atoms with Crippen LogP contribution in [-0.4, -0.2) is 64.3 Å². The molecule has 1 saturated heterocycles. The molecule has 2 aromatic rings. The molecule has 0 bridgehead atoms. The molecular weight excluding hydrogens is 354 g/mol. The molecule has 0 radical (unpaired) electrons. The Balaban J connectivity index is 1.43. The number of halogens is 1. The number of nitrogens with zero attached hydrogens (tertiary/aromatic N) is 4. The molecule has 0 unspecified atom stereocenters. The first kappa shape index (κ1) is 18.1. The van der Waals surface area contributed by atoms with Gasteiger partial charge in [-0.3, -0.25) is 9.59 Å². The van der Waals surface area contributed by atoms with Crippen molar-refractivity contribution in [2.75, 3.05) is 38.0 Å². The number of hydrogen-bond acceptors (Lipinski definition) is 5. The van der Waals surface area contributed by atoms with Crippen LogP contribution < -0.4 is 5.32 Å². The fourth-order valence-electron chi connectivity index (χ4n) is 2.76. The van der Waals surface area contributed by atoms with Crippen LogP contribution in [0.3, 0.4) is 0 Å². The summed E-state index contributed by atoms with van der Waals surface area (Å²) in [4.78, 5) is 36.4. The van der Waals surface area contributed by atoms with Gasteiger partial charge in [0.1, 0.15) is 0 Å². The first-order valence-electron chi connectivity index (χ1n) is 8.47. The Morgan fingerprint density at radius 2 is 1.62 bits per heavy atom. The Morgan fingerprint density at radius 1 is 1.00 bits per heavy atom. The summed E-state index contributed by atoms with van der Waals surface area (Å²) in [6.07, 6.45) is 3.66. The number of carbonyl (C=O) groups is 2. The molecule has 8 heteroatoms. The maximum atomic E-state index is 12.5. The van der Waals surface area contributed by atoms with Crippen molar-refractivity contribution in [2.24, 2.45) is 0 Å². The first-order valence-corrected chi connectivity index (χ1v) is 8.85. The van der Waals surface area contributed by atoms with Crippen LogP contribution >= 0.6 is 11.6 Å². The van der Waals surface area contributed by atoms with Crippen molar-refractivity contribution in [3.8, 4) is 0 Å². The van der Waals surface area contributed by atoms with Crippen LogP contribution in [0.1, 0.15) is 16.8 Å². The van der Waals surface area contributed by atoms with Gasteiger partial charge >= 0.3 is 0 Å². The van der Waals surface area contributed by atoms with E-state index in [9.17, 15) is 9.59 Å². The second kappa shape index (κ2) is 8.62. The summed E-state index contributed by atoms with van der Waals surface area (Å²) in [7, 11) is 0. The minimum absolute atomic E-state index is 0.0309. The van der Waals surface area contributed by atoms with Gasteiger partial charge in [-0.2, -0.15) is 0 Å². The van der Waals surface area contributed by atoms with Crippen LogP contribution in [-0.2, 0) is 4.79 Å². The molecule has 26 heavy (non-hydrogen) atoms. The SMILES string of the molecule is O=C(CCNc1ncccn1)N1CCN(C(=O)c2ccc(Cl)cc2)CC1. The van der Waals surface area contributed by atoms with Crippen molar-refractivity contribution in [3.63, 3.8) is 0 Å². The quantitative estimate of drug-likeness (QED) is 0.866. The van der Waals surface area contributed by atoms with Crippen molar-refractivity contribution in [3.05, 3.63) is 53.3 Å². The first-order chi connectivity index (χ1) is 12.6. The molecule has 3 rings (SSSR count). The molecule has 1 N–H and O–H groups in total. The summed E-state index contributed by atoms with van der Waals surface area (Å²) >= 11 is 5.85. The van der Waals surface area contributed by atoms with Crippen molar-refractivity contribution < 1.29 is 9.59 Å². The van der Waals surface area contributed by atoms with Crippen molar-refractivity contribution in [2.45, 2.75) is 6.42 Å². The van der Waals surface area contributed by atoms with E-state index in [-0.39, 0.29) is 11.8 Å². The molecule has 1 aliphatic rings. The summed E-state index contributed by atoms with van der Waals surface area (Å²) in [5.74, 6) is 0.544. The third-order valence-corrected chi connectivity index (χ3v) is 4.45. The zero-order valence-electron chi connectivity index (χ0n) is 14.3. The molecule has 0 spiro atoms. The highest BCUT2D eigenvalue weighted by Gasteiger charge is 2.24. The second-order valence-corrected chi connectivity index (χ2v) is 6.37. The average Bonchev–Trinajstić information content (AvgIpc) is 2.69. The van der Waals surface area contributed by atoms with E-state index >= 15 is 0 Å². The Labute approximate surface area is 157 Å². The average molecular weight is 374 g/mol. The normalized spacial score (nSPS) is 14.2. The van der Waals surface area contributed by atoms with E-state index in [0.29, 0.717) is 55.7 Å². The zero-order chi connectivity index (χ0) is 18.4. The Kier molecular flexibility index (Phi) is 6.01. The highest BCUT2D eigenvalue weighted by molar-refractivity contribution is 6.30. The number of hydrogen-bond donors (Lipinski definition) is 1. The number of rotatable bonds is 5. The molecule has 2 amide bonds. The molecule has 7 nitrogen and oxygen atoms in total. The smallest absolute Gasteiger partial charge is 0.253 e. The molecule has 0 aliphatic carbocycles. The van der Waals surface area contributed by atoms with E-state index in [1.807, 2.05) is 0 Å². The number of nitrogens with one attached hydrogen (secondary N) is 1. The molecule has 136 valence electrons. The van der Waals surface area contributed by atoms with Crippen molar-refractivity contribution in [1.82, 2.24) is 19.8 Å². The van der Waals surface area contributed by atoms with Gasteiger partial charge in [-0.25, -0.2) is 9.97 Å². The lowest BCUT2D eigenvalue weighted by molar-refractivity contribution is -0.132. The number of piperazine rings is 1. The van der Waals surface area contributed by atoms with Crippen molar-refractivity contribution in [1.29, 1.82) is 0 Å². The number of aromatic nitrogens is 2. The van der Waals surface area contributed by atoms with Gasteiger partial charge in [-0.15, -0.1) is 0 Å². The van der Waals surface area contributed by atoms with E-state index < -0.39 is 0 Å². The lowest BCUT2D eigenvalue weighted by atomic mass is 10.2. The minimum atomic E-state index is -0.0309. The predicted molar refractivity (Wildman–Crippen MR) is 99.1 cm³/mol. The molecule has 1 aromatic heterocycles. The summed E-state index contributed by atoms with van der Waals surface area (Å²) in [6, 6.07) is 8.59. The number of amides is 2. The van der Waals surface area contributed by atoms with Crippen LogP contribution in [0, 0.1) is 0 Å². The van der Waals surface area contributed by atoms with Gasteiger partial charge in [0, 0.05) is 62.1 Å². The van der Waals surface area contributed by atoms with Gasteiger partial charge in [0.15, 0.2) is 0 Å². The minimum Gasteiger partial charge on any atom is -0.354 e. The van der Waals surface area contributed by atoms with Gasteiger partial charge in [0.25, 0.3) is 5.91 Å². The molecule has 1 aliphatic heterocycles. The maximum Gasteiger partial charge on any atom is 0.253 e. The van der Waals surface area contributed by atoms with Gasteiger partial charge in [0.05, 0.1) is 0 Å². The van der Waals surface area contributed by atoms with Crippen LogP contribution in [0.25, 0.3) is 0 Å². The largest absolute Gasteiger partial charge is 0.354 e. The summed E-state index contributed by atoms with van der Waals surface area (Å²) in [5, 5.41) is 3.63. The summed E-state index contributed by atoms with van der Waals surface area (Å²) < 4.78 is 0. The summed E-state index contributed by atoms with van der Waals surface area (Å²) in [5.41, 5.74) is 0.612. The van der Waals surface area contributed by atoms with Gasteiger partial charge in [-0.1, -0.05) is 11.6 Å². The van der Waals surface area contributed by atoms with Crippen molar-refractivity contribution >= 4 is 29.4 Å². The number of benzene rings is 1. The molecule has 0 saturated carbocycles. The molecule has 0 atom stereocenters. The molecular formula is C18H20ClN5O2. The third-order valence-electron chi connectivity index (χ3n) is 4.20. The van der Waals surface area contributed by atoms with E-state index in [0.717, 1.165) is 0 Å². The standard InChI is InChI=1S/C18H20ClN5O2/c19-15-4-2-14(3-5-15)17(26)24-12-10-23(11-13-24)16(25)6-9-22-18-20-7-1-8-21-18/h1-5,7-8H,6,9-13H2,(H,20,21,22). The number of anilines is 1. The Hall–Kier alpha value is -2.67. The topological polar surface area (TPSA) is 78.4 Å².